The first-order valence-corrected chi connectivity index (χ1v) is 7.42. The first-order chi connectivity index (χ1) is 9.79. The molecule has 0 spiro atoms. The molecule has 0 fully saturated rings. The van der Waals surface area contributed by atoms with Gasteiger partial charge in [0.15, 0.2) is 0 Å². The van der Waals surface area contributed by atoms with E-state index in [1.165, 1.54) is 38.5 Å². The largest absolute Gasteiger partial charge is 0.423 e. The number of aromatic nitrogens is 2. The lowest BCUT2D eigenvalue weighted by atomic mass is 10.1. The second kappa shape index (κ2) is 7.68. The number of hydrogen-bond donors (Lipinski definition) is 1. The van der Waals surface area contributed by atoms with Crippen molar-refractivity contribution in [1.29, 1.82) is 0 Å². The van der Waals surface area contributed by atoms with Crippen molar-refractivity contribution in [1.82, 2.24) is 10.2 Å². The van der Waals surface area contributed by atoms with E-state index in [1.54, 1.807) is 0 Å². The summed E-state index contributed by atoms with van der Waals surface area (Å²) in [6, 6.07) is 8.62. The summed E-state index contributed by atoms with van der Waals surface area (Å²) in [5, 5.41) is 11.1. The Kier molecular flexibility index (Phi) is 5.59. The van der Waals surface area contributed by atoms with Gasteiger partial charge in [0.1, 0.15) is 0 Å². The van der Waals surface area contributed by atoms with E-state index in [2.05, 4.69) is 41.5 Å². The van der Waals surface area contributed by atoms with Crippen LogP contribution in [0.5, 0.6) is 0 Å². The second-order valence-electron chi connectivity index (χ2n) is 5.22. The van der Waals surface area contributed by atoms with Crippen molar-refractivity contribution in [3.63, 3.8) is 0 Å². The van der Waals surface area contributed by atoms with E-state index < -0.39 is 0 Å². The van der Waals surface area contributed by atoms with Gasteiger partial charge in [-0.15, -0.1) is 10.2 Å². The van der Waals surface area contributed by atoms with Gasteiger partial charge in [0.2, 0.25) is 12.3 Å². The molecule has 0 aliphatic carbocycles. The molecule has 2 rings (SSSR count). The monoisotopic (exact) mass is 273 g/mol. The number of nitrogens with zero attached hydrogens (tertiary/aromatic N) is 2. The molecule has 0 saturated heterocycles. The first kappa shape index (κ1) is 14.6. The van der Waals surface area contributed by atoms with Crippen LogP contribution in [0.2, 0.25) is 0 Å². The van der Waals surface area contributed by atoms with Crippen molar-refractivity contribution in [2.45, 2.75) is 52.0 Å². The predicted molar refractivity (Wildman–Crippen MR) is 81.6 cm³/mol. The van der Waals surface area contributed by atoms with Gasteiger partial charge >= 0.3 is 0 Å². The molecule has 0 saturated carbocycles. The van der Waals surface area contributed by atoms with Crippen LogP contribution >= 0.6 is 0 Å². The van der Waals surface area contributed by atoms with E-state index in [-0.39, 0.29) is 0 Å². The third kappa shape index (κ3) is 4.37. The van der Waals surface area contributed by atoms with Gasteiger partial charge in [-0.1, -0.05) is 32.6 Å². The Morgan fingerprint density at radius 2 is 1.95 bits per heavy atom. The van der Waals surface area contributed by atoms with Gasteiger partial charge in [-0.3, -0.25) is 0 Å². The zero-order valence-corrected chi connectivity index (χ0v) is 12.3. The SMILES string of the molecule is CCCCCCC(C)Nc1ccc(-c2nnco2)cc1. The Hall–Kier alpha value is -1.84. The van der Waals surface area contributed by atoms with Crippen LogP contribution in [0, 0.1) is 0 Å². The third-order valence-electron chi connectivity index (χ3n) is 3.40. The van der Waals surface area contributed by atoms with Gasteiger partial charge in [-0.25, -0.2) is 0 Å². The molecule has 1 N–H and O–H groups in total. The van der Waals surface area contributed by atoms with Gasteiger partial charge in [0, 0.05) is 17.3 Å². The maximum Gasteiger partial charge on any atom is 0.247 e. The third-order valence-corrected chi connectivity index (χ3v) is 3.40. The van der Waals surface area contributed by atoms with Crippen LogP contribution in [0.25, 0.3) is 11.5 Å². The van der Waals surface area contributed by atoms with E-state index in [9.17, 15) is 0 Å². The molecule has 20 heavy (non-hydrogen) atoms. The minimum absolute atomic E-state index is 0.501. The number of anilines is 1. The smallest absolute Gasteiger partial charge is 0.247 e. The standard InChI is InChI=1S/C16H23N3O/c1-3-4-5-6-7-13(2)18-15-10-8-14(9-11-15)16-19-17-12-20-16/h8-13,18H,3-7H2,1-2H3. The normalized spacial score (nSPS) is 12.3. The van der Waals surface area contributed by atoms with Gasteiger partial charge in [0.25, 0.3) is 0 Å². The molecule has 1 atom stereocenters. The molecule has 0 aliphatic heterocycles. The molecule has 1 aromatic carbocycles. The Balaban J connectivity index is 1.81. The summed E-state index contributed by atoms with van der Waals surface area (Å²) < 4.78 is 5.17. The maximum absolute atomic E-state index is 5.17. The van der Waals surface area contributed by atoms with Crippen molar-refractivity contribution in [2.24, 2.45) is 0 Å². The van der Waals surface area contributed by atoms with E-state index in [0.29, 0.717) is 11.9 Å². The van der Waals surface area contributed by atoms with E-state index in [1.807, 2.05) is 12.1 Å². The molecule has 4 heteroatoms. The molecule has 4 nitrogen and oxygen atoms in total. The highest BCUT2D eigenvalue weighted by Gasteiger charge is 2.05. The molecule has 0 aliphatic rings. The fraction of sp³-hybridized carbons (Fsp3) is 0.500. The van der Waals surface area contributed by atoms with Gasteiger partial charge in [-0.2, -0.15) is 0 Å². The zero-order chi connectivity index (χ0) is 14.2. The molecule has 0 radical (unpaired) electrons. The summed E-state index contributed by atoms with van der Waals surface area (Å²) in [6.45, 7) is 4.48. The number of unbranched alkanes of at least 4 members (excludes halogenated alkanes) is 3. The van der Waals surface area contributed by atoms with Crippen LogP contribution in [0.15, 0.2) is 35.1 Å². The highest BCUT2D eigenvalue weighted by atomic mass is 16.4. The fourth-order valence-electron chi connectivity index (χ4n) is 2.24. The summed E-state index contributed by atoms with van der Waals surface area (Å²) in [5.41, 5.74) is 2.08. The highest BCUT2D eigenvalue weighted by molar-refractivity contribution is 5.58. The lowest BCUT2D eigenvalue weighted by Crippen LogP contribution is -2.14. The number of rotatable bonds is 8. The van der Waals surface area contributed by atoms with Crippen LogP contribution < -0.4 is 5.32 Å². The lowest BCUT2D eigenvalue weighted by molar-refractivity contribution is 0.568. The van der Waals surface area contributed by atoms with Crippen molar-refractivity contribution < 1.29 is 4.42 Å². The molecule has 0 amide bonds. The van der Waals surface area contributed by atoms with Crippen LogP contribution in [-0.2, 0) is 0 Å². The molecule has 1 unspecified atom stereocenters. The Labute approximate surface area is 120 Å². The summed E-state index contributed by atoms with van der Waals surface area (Å²) in [4.78, 5) is 0. The molecule has 2 aromatic rings. The summed E-state index contributed by atoms with van der Waals surface area (Å²) in [7, 11) is 0. The fourth-order valence-corrected chi connectivity index (χ4v) is 2.24. The first-order valence-electron chi connectivity index (χ1n) is 7.42. The molecule has 0 bridgehead atoms. The Morgan fingerprint density at radius 3 is 2.60 bits per heavy atom. The minimum Gasteiger partial charge on any atom is -0.423 e. The van der Waals surface area contributed by atoms with Crippen LogP contribution in [0.4, 0.5) is 5.69 Å². The van der Waals surface area contributed by atoms with Crippen molar-refractivity contribution in [3.8, 4) is 11.5 Å². The molecule has 1 aromatic heterocycles. The van der Waals surface area contributed by atoms with Crippen molar-refractivity contribution in [2.75, 3.05) is 5.32 Å². The van der Waals surface area contributed by atoms with E-state index >= 15 is 0 Å². The highest BCUT2D eigenvalue weighted by Crippen LogP contribution is 2.20. The summed E-state index contributed by atoms with van der Waals surface area (Å²) in [6.07, 6.45) is 7.82. The maximum atomic E-state index is 5.17. The summed E-state index contributed by atoms with van der Waals surface area (Å²) >= 11 is 0. The van der Waals surface area contributed by atoms with Gasteiger partial charge in [0.05, 0.1) is 0 Å². The van der Waals surface area contributed by atoms with E-state index in [4.69, 9.17) is 4.42 Å². The quantitative estimate of drug-likeness (QED) is 0.719. The zero-order valence-electron chi connectivity index (χ0n) is 12.3. The number of nitrogens with one attached hydrogen (secondary N) is 1. The van der Waals surface area contributed by atoms with Crippen molar-refractivity contribution in [3.05, 3.63) is 30.7 Å². The Morgan fingerprint density at radius 1 is 1.15 bits per heavy atom. The molecule has 1 heterocycles. The Bertz CT molecular complexity index is 479. The average molecular weight is 273 g/mol. The molecule has 108 valence electrons. The topological polar surface area (TPSA) is 51.0 Å². The summed E-state index contributed by atoms with van der Waals surface area (Å²) in [5.74, 6) is 0.559. The van der Waals surface area contributed by atoms with Crippen LogP contribution in [0.3, 0.4) is 0 Å². The average Bonchev–Trinajstić information content (AvgIpc) is 2.99. The van der Waals surface area contributed by atoms with E-state index in [0.717, 1.165) is 11.3 Å². The minimum atomic E-state index is 0.501. The lowest BCUT2D eigenvalue weighted by Gasteiger charge is -2.15. The number of benzene rings is 1. The predicted octanol–water partition coefficient (Wildman–Crippen LogP) is 4.51. The molecular formula is C16H23N3O. The van der Waals surface area contributed by atoms with Crippen molar-refractivity contribution >= 4 is 5.69 Å². The number of hydrogen-bond acceptors (Lipinski definition) is 4. The van der Waals surface area contributed by atoms with Crippen LogP contribution in [-0.4, -0.2) is 16.2 Å². The van der Waals surface area contributed by atoms with Gasteiger partial charge < -0.3 is 9.73 Å². The second-order valence-corrected chi connectivity index (χ2v) is 5.22. The van der Waals surface area contributed by atoms with Gasteiger partial charge in [-0.05, 0) is 37.6 Å². The van der Waals surface area contributed by atoms with Crippen LogP contribution in [0.1, 0.15) is 46.0 Å². The molecular weight excluding hydrogens is 250 g/mol.